The highest BCUT2D eigenvalue weighted by Gasteiger charge is 2.51. The van der Waals surface area contributed by atoms with E-state index in [9.17, 15) is 44.6 Å². The molecule has 0 aromatic carbocycles. The number of phosphoric acid groups is 1. The molecule has 1 fully saturated rings. The normalized spacial score (nSPS) is 21.7. The molecule has 1 aliphatic rings. The van der Waals surface area contributed by atoms with Gasteiger partial charge in [-0.2, -0.15) is 0 Å². The van der Waals surface area contributed by atoms with Crippen molar-refractivity contribution in [3.63, 3.8) is 0 Å². The van der Waals surface area contributed by atoms with Crippen molar-refractivity contribution in [2.24, 2.45) is 0 Å². The van der Waals surface area contributed by atoms with Crippen LogP contribution in [0.4, 0.5) is 0 Å². The van der Waals surface area contributed by atoms with Gasteiger partial charge in [0.25, 0.3) is 0 Å². The molecule has 0 aromatic heterocycles. The van der Waals surface area contributed by atoms with Gasteiger partial charge in [-0.1, -0.05) is 170 Å². The Morgan fingerprint density at radius 1 is 0.478 bits per heavy atom. The first-order chi connectivity index (χ1) is 32.4. The van der Waals surface area contributed by atoms with Crippen LogP contribution >= 0.6 is 7.82 Å². The molecular weight excluding hydrogens is 876 g/mol. The van der Waals surface area contributed by atoms with Gasteiger partial charge in [0.15, 0.2) is 6.10 Å². The minimum atomic E-state index is -5.13. The Balaban J connectivity index is 2.42. The lowest BCUT2D eigenvalue weighted by molar-refractivity contribution is -0.220. The van der Waals surface area contributed by atoms with Crippen LogP contribution in [0, 0.1) is 0 Å². The second kappa shape index (κ2) is 42.2. The van der Waals surface area contributed by atoms with Gasteiger partial charge >= 0.3 is 19.8 Å². The van der Waals surface area contributed by atoms with E-state index >= 15 is 0 Å². The molecule has 1 rings (SSSR count). The van der Waals surface area contributed by atoms with Crippen LogP contribution in [0.5, 0.6) is 0 Å². The number of ether oxygens (including phenoxy) is 2. The highest BCUT2D eigenvalue weighted by atomic mass is 31.2. The highest BCUT2D eigenvalue weighted by Crippen LogP contribution is 2.47. The summed E-state index contributed by atoms with van der Waals surface area (Å²) in [4.78, 5) is 35.9. The standard InChI is InChI=1S/C53H91O13P/c1-3-5-7-9-11-13-15-17-19-21-23-25-27-29-31-33-35-37-39-41-46(54)63-43-45(44-64-67(61,62)66-53-51(59)49(57)48(56)50(58)52(53)60)65-47(55)42-40-38-36-34-32-30-28-26-24-22-20-18-16-14-12-10-8-6-4-2/h6,8,11-14,17-20,24,26,45,48-53,56-60H,3-5,7,9-10,15-16,21-23,25,27-44H2,1-2H3,(H,61,62)/b8-6-,13-11-,14-12-,19-17-,20-18-,26-24-. The predicted molar refractivity (Wildman–Crippen MR) is 267 cm³/mol. The molecule has 0 saturated heterocycles. The van der Waals surface area contributed by atoms with Crippen molar-refractivity contribution in [1.82, 2.24) is 0 Å². The van der Waals surface area contributed by atoms with Gasteiger partial charge in [-0.3, -0.25) is 18.6 Å². The second-order valence-corrected chi connectivity index (χ2v) is 19.0. The van der Waals surface area contributed by atoms with Crippen LogP contribution in [0.25, 0.3) is 0 Å². The first-order valence-corrected chi connectivity index (χ1v) is 27.2. The van der Waals surface area contributed by atoms with E-state index in [1.54, 1.807) is 0 Å². The molecule has 0 radical (unpaired) electrons. The van der Waals surface area contributed by atoms with Crippen LogP contribution in [-0.2, 0) is 32.7 Å². The van der Waals surface area contributed by atoms with E-state index in [1.165, 1.54) is 51.4 Å². The fourth-order valence-electron chi connectivity index (χ4n) is 7.43. The van der Waals surface area contributed by atoms with Crippen molar-refractivity contribution < 1.29 is 63.1 Å². The number of hydrogen-bond donors (Lipinski definition) is 6. The Bertz CT molecular complexity index is 1440. The summed E-state index contributed by atoms with van der Waals surface area (Å²) >= 11 is 0. The van der Waals surface area contributed by atoms with Crippen molar-refractivity contribution in [3.8, 4) is 0 Å². The quantitative estimate of drug-likeness (QED) is 0.0146. The van der Waals surface area contributed by atoms with Crippen molar-refractivity contribution >= 4 is 19.8 Å². The predicted octanol–water partition coefficient (Wildman–Crippen LogP) is 11.1. The summed E-state index contributed by atoms with van der Waals surface area (Å²) in [5, 5.41) is 50.3. The van der Waals surface area contributed by atoms with Crippen LogP contribution in [0.3, 0.4) is 0 Å². The van der Waals surface area contributed by atoms with Crippen molar-refractivity contribution in [2.75, 3.05) is 13.2 Å². The molecule has 6 N–H and O–H groups in total. The summed E-state index contributed by atoms with van der Waals surface area (Å²) in [6.45, 7) is 3.16. The number of unbranched alkanes of at least 4 members (excludes halogenated alkanes) is 18. The summed E-state index contributed by atoms with van der Waals surface area (Å²) in [7, 11) is -5.13. The molecule has 0 heterocycles. The average Bonchev–Trinajstić information content (AvgIpc) is 3.31. The van der Waals surface area contributed by atoms with Gasteiger partial charge in [-0.25, -0.2) is 4.57 Å². The molecule has 14 heteroatoms. The van der Waals surface area contributed by atoms with E-state index in [0.29, 0.717) is 12.8 Å². The van der Waals surface area contributed by atoms with Crippen LogP contribution in [0.1, 0.15) is 194 Å². The smallest absolute Gasteiger partial charge is 0.462 e. The van der Waals surface area contributed by atoms with Gasteiger partial charge in [0.1, 0.15) is 43.2 Å². The van der Waals surface area contributed by atoms with Gasteiger partial charge in [0, 0.05) is 12.8 Å². The van der Waals surface area contributed by atoms with E-state index < -0.39 is 75.7 Å². The first kappa shape index (κ1) is 62.3. The lowest BCUT2D eigenvalue weighted by Crippen LogP contribution is -2.64. The topological polar surface area (TPSA) is 210 Å². The lowest BCUT2D eigenvalue weighted by atomic mass is 9.85. The Kier molecular flexibility index (Phi) is 39.2. The van der Waals surface area contributed by atoms with E-state index in [1.807, 2.05) is 0 Å². The fraction of sp³-hybridized carbons (Fsp3) is 0.736. The summed E-state index contributed by atoms with van der Waals surface area (Å²) in [5.41, 5.74) is 0. The molecular formula is C53H91O13P. The van der Waals surface area contributed by atoms with Crippen molar-refractivity contribution in [1.29, 1.82) is 0 Å². The van der Waals surface area contributed by atoms with E-state index in [2.05, 4.69) is 86.8 Å². The minimum absolute atomic E-state index is 0.0763. The maximum atomic E-state index is 12.9. The maximum absolute atomic E-state index is 12.9. The number of rotatable bonds is 42. The fourth-order valence-corrected chi connectivity index (χ4v) is 8.40. The molecule has 386 valence electrons. The Morgan fingerprint density at radius 2 is 0.851 bits per heavy atom. The zero-order valence-electron chi connectivity index (χ0n) is 41.2. The van der Waals surface area contributed by atoms with E-state index in [4.69, 9.17) is 18.5 Å². The Morgan fingerprint density at radius 3 is 1.30 bits per heavy atom. The molecule has 1 saturated carbocycles. The molecule has 0 spiro atoms. The lowest BCUT2D eigenvalue weighted by Gasteiger charge is -2.41. The van der Waals surface area contributed by atoms with Gasteiger partial charge in [0.05, 0.1) is 6.61 Å². The minimum Gasteiger partial charge on any atom is -0.462 e. The first-order valence-electron chi connectivity index (χ1n) is 25.7. The Hall–Kier alpha value is -2.71. The number of aliphatic hydroxyl groups is 5. The molecule has 0 aliphatic heterocycles. The number of allylic oxidation sites excluding steroid dienone is 12. The second-order valence-electron chi connectivity index (χ2n) is 17.6. The number of carbonyl (C=O) groups excluding carboxylic acids is 2. The SMILES string of the molecule is CC/C=C\C/C=C\C/C=C\C/C=C\CCCCCCCCC(=O)OC(COC(=O)CCCCCCCCCCC/C=C\C/C=C\CCCCC)COP(=O)(O)OC1C(O)C(O)C(O)C(O)C1O. The van der Waals surface area contributed by atoms with Crippen LogP contribution in [0.2, 0.25) is 0 Å². The molecule has 0 bridgehead atoms. The third-order valence-corrected chi connectivity index (χ3v) is 12.5. The van der Waals surface area contributed by atoms with Crippen LogP contribution in [0.15, 0.2) is 72.9 Å². The zero-order chi connectivity index (χ0) is 49.2. The van der Waals surface area contributed by atoms with Crippen LogP contribution < -0.4 is 0 Å². The van der Waals surface area contributed by atoms with Gasteiger partial charge < -0.3 is 39.9 Å². The number of hydrogen-bond acceptors (Lipinski definition) is 12. The van der Waals surface area contributed by atoms with Crippen LogP contribution in [-0.4, -0.2) is 98.3 Å². The summed E-state index contributed by atoms with van der Waals surface area (Å²) in [6, 6.07) is 0. The number of aliphatic hydroxyl groups excluding tert-OH is 5. The van der Waals surface area contributed by atoms with Crippen molar-refractivity contribution in [2.45, 2.75) is 236 Å². The van der Waals surface area contributed by atoms with E-state index in [0.717, 1.165) is 103 Å². The average molecular weight is 967 g/mol. The third-order valence-electron chi connectivity index (χ3n) is 11.5. The third kappa shape index (κ3) is 34.3. The molecule has 6 atom stereocenters. The zero-order valence-corrected chi connectivity index (χ0v) is 42.1. The van der Waals surface area contributed by atoms with Crippen molar-refractivity contribution in [3.05, 3.63) is 72.9 Å². The monoisotopic (exact) mass is 967 g/mol. The summed E-state index contributed by atoms with van der Waals surface area (Å²) in [5.74, 6) is -1.12. The molecule has 1 aliphatic carbocycles. The highest BCUT2D eigenvalue weighted by molar-refractivity contribution is 7.47. The molecule has 13 nitrogen and oxygen atoms in total. The van der Waals surface area contributed by atoms with Gasteiger partial charge in [-0.15, -0.1) is 0 Å². The summed E-state index contributed by atoms with van der Waals surface area (Å²) < 4.78 is 33.6. The largest absolute Gasteiger partial charge is 0.472 e. The molecule has 0 aromatic rings. The maximum Gasteiger partial charge on any atom is 0.472 e. The number of esters is 2. The summed E-state index contributed by atoms with van der Waals surface area (Å²) in [6.07, 6.45) is 40.8. The number of phosphoric ester groups is 1. The van der Waals surface area contributed by atoms with E-state index in [-0.39, 0.29) is 12.8 Å². The number of carbonyl (C=O) groups is 2. The van der Waals surface area contributed by atoms with Gasteiger partial charge in [-0.05, 0) is 83.5 Å². The molecule has 6 unspecified atom stereocenters. The Labute approximate surface area is 404 Å². The van der Waals surface area contributed by atoms with Gasteiger partial charge in [0.2, 0.25) is 0 Å². The molecule has 0 amide bonds. The molecule has 67 heavy (non-hydrogen) atoms.